The first-order valence-corrected chi connectivity index (χ1v) is 7.22. The van der Waals surface area contributed by atoms with Crippen LogP contribution in [0.3, 0.4) is 0 Å². The number of nitrogens with two attached hydrogens (primary N) is 2. The predicted octanol–water partition coefficient (Wildman–Crippen LogP) is 2.03. The Morgan fingerprint density at radius 2 is 1.21 bits per heavy atom. The van der Waals surface area contributed by atoms with E-state index < -0.39 is 22.8 Å². The number of carbonyl (C=O) groups is 2. The van der Waals surface area contributed by atoms with Crippen LogP contribution in [0.1, 0.15) is 54.4 Å². The fourth-order valence-electron chi connectivity index (χ4n) is 0.591. The molecule has 0 radical (unpaired) electrons. The van der Waals surface area contributed by atoms with Crippen LogP contribution in [0.4, 0.5) is 0 Å². The third kappa shape index (κ3) is 21.5. The van der Waals surface area contributed by atoms with E-state index in [0.717, 1.165) is 6.42 Å². The van der Waals surface area contributed by atoms with Gasteiger partial charge in [0.1, 0.15) is 0 Å². The second-order valence-electron chi connectivity index (χ2n) is 6.46. The van der Waals surface area contributed by atoms with Crippen LogP contribution in [0.2, 0.25) is 0 Å². The van der Waals surface area contributed by atoms with Crippen molar-refractivity contribution in [2.75, 3.05) is 13.2 Å². The Labute approximate surface area is 159 Å². The van der Waals surface area contributed by atoms with Gasteiger partial charge in [-0.15, -0.1) is 0 Å². The van der Waals surface area contributed by atoms with E-state index in [-0.39, 0.29) is 40.4 Å². The van der Waals surface area contributed by atoms with Gasteiger partial charge in [-0.2, -0.15) is 0 Å². The van der Waals surface area contributed by atoms with Gasteiger partial charge in [-0.1, -0.05) is 13.3 Å². The van der Waals surface area contributed by atoms with Crippen LogP contribution in [-0.4, -0.2) is 51.6 Å². The molecule has 9 heteroatoms. The molecule has 0 aliphatic rings. The van der Waals surface area contributed by atoms with E-state index in [2.05, 4.69) is 6.92 Å². The van der Waals surface area contributed by atoms with E-state index in [1.54, 1.807) is 0 Å². The van der Waals surface area contributed by atoms with Crippen molar-refractivity contribution in [3.05, 3.63) is 6.15 Å². The first-order valence-electron chi connectivity index (χ1n) is 7.22. The molecular weight excluding hydrogens is 499 g/mol. The summed E-state index contributed by atoms with van der Waals surface area (Å²) >= 11 is 0. The summed E-state index contributed by atoms with van der Waals surface area (Å²) in [7, 11) is 0. The van der Waals surface area contributed by atoms with Crippen molar-refractivity contribution in [3.8, 4) is 0 Å². The summed E-state index contributed by atoms with van der Waals surface area (Å²) in [5, 5.41) is 33.3. The Morgan fingerprint density at radius 3 is 1.21 bits per heavy atom. The standard InChI is InChI=1S/C5H13N.2C5H10O3.H2N.Pt/c1-3-4-5(2)6;2*1-5(2,3-6)4(7)8;;/h5H,3-4,6H2,1-2H3;2*6H,3H2,1-2H3,(H,7,8);1H2;/q;;;-1;/t5-;;;;/m1..../s1. The molecule has 0 saturated carbocycles. The summed E-state index contributed by atoms with van der Waals surface area (Å²) in [5.41, 5.74) is 3.43. The van der Waals surface area contributed by atoms with Crippen LogP contribution in [0.15, 0.2) is 0 Å². The molecule has 0 amide bonds. The van der Waals surface area contributed by atoms with E-state index in [4.69, 9.17) is 26.2 Å². The second-order valence-corrected chi connectivity index (χ2v) is 6.46. The van der Waals surface area contributed by atoms with Crippen molar-refractivity contribution in [1.82, 2.24) is 0 Å². The van der Waals surface area contributed by atoms with Crippen LogP contribution >= 0.6 is 0 Å². The summed E-state index contributed by atoms with van der Waals surface area (Å²) in [6.07, 6.45) is 2.36. The second kappa shape index (κ2) is 17.3. The van der Waals surface area contributed by atoms with Crippen LogP contribution in [-0.2, 0) is 30.7 Å². The number of carboxylic acids is 2. The van der Waals surface area contributed by atoms with Crippen molar-refractivity contribution in [1.29, 1.82) is 0 Å². The van der Waals surface area contributed by atoms with Gasteiger partial charge in [0.25, 0.3) is 0 Å². The molecule has 152 valence electrons. The molecule has 0 aliphatic carbocycles. The fraction of sp³-hybridized carbons (Fsp3) is 0.867. The van der Waals surface area contributed by atoms with E-state index in [9.17, 15) is 9.59 Å². The van der Waals surface area contributed by atoms with Crippen molar-refractivity contribution in [2.24, 2.45) is 16.6 Å². The normalized spacial score (nSPS) is 11.2. The maximum absolute atomic E-state index is 10.1. The van der Waals surface area contributed by atoms with Crippen LogP contribution in [0.5, 0.6) is 0 Å². The van der Waals surface area contributed by atoms with Gasteiger partial charge in [-0.3, -0.25) is 9.59 Å². The van der Waals surface area contributed by atoms with E-state index in [0.29, 0.717) is 6.04 Å². The van der Waals surface area contributed by atoms with Gasteiger partial charge in [0, 0.05) is 27.1 Å². The average Bonchev–Trinajstić information content (AvgIpc) is 2.39. The molecule has 1 atom stereocenters. The predicted molar refractivity (Wildman–Crippen MR) is 90.8 cm³/mol. The zero-order chi connectivity index (χ0) is 18.6. The zero-order valence-electron chi connectivity index (χ0n) is 15.5. The Hall–Kier alpha value is -0.532. The Kier molecular flexibility index (Phi) is 25.0. The first-order chi connectivity index (χ1) is 9.78. The maximum atomic E-state index is 10.1. The zero-order valence-corrected chi connectivity index (χ0v) is 17.8. The molecule has 0 aromatic rings. The number of hydrogen-bond donors (Lipinski definition) is 5. The monoisotopic (exact) mass is 534 g/mol. The van der Waals surface area contributed by atoms with Crippen LogP contribution in [0, 0.1) is 10.8 Å². The topological polar surface area (TPSA) is 175 Å². The van der Waals surface area contributed by atoms with Gasteiger partial charge in [0.05, 0.1) is 24.0 Å². The number of aliphatic hydroxyl groups excluding tert-OH is 2. The fourth-order valence-corrected chi connectivity index (χ4v) is 0.591. The summed E-state index contributed by atoms with van der Waals surface area (Å²) in [6.45, 7) is 9.41. The molecule has 24 heavy (non-hydrogen) atoms. The average molecular weight is 535 g/mol. The summed E-state index contributed by atoms with van der Waals surface area (Å²) in [4.78, 5) is 20.2. The van der Waals surface area contributed by atoms with E-state index in [1.165, 1.54) is 34.1 Å². The Balaban J connectivity index is -0.0000000730. The SMILES string of the molecule is CC(C)(CO)C(=O)O.CC(C)(CO)C(=O)O.CCC[C@@H](C)N.[NH2-].[Pt]. The van der Waals surface area contributed by atoms with E-state index in [1.807, 2.05) is 6.92 Å². The molecule has 8 N–H and O–H groups in total. The van der Waals surface area contributed by atoms with Crippen LogP contribution < -0.4 is 5.73 Å². The molecule has 0 aromatic carbocycles. The number of aliphatic hydroxyl groups is 2. The molecule has 0 aliphatic heterocycles. The molecule has 0 heterocycles. The molecule has 8 nitrogen and oxygen atoms in total. The molecule has 0 rings (SSSR count). The molecule has 0 aromatic heterocycles. The molecule has 0 fully saturated rings. The molecular formula is C15H35N2O6Pt-. The molecule has 0 spiro atoms. The maximum Gasteiger partial charge on any atom is 0.311 e. The minimum atomic E-state index is -0.986. The smallest absolute Gasteiger partial charge is 0.311 e. The van der Waals surface area contributed by atoms with Gasteiger partial charge in [0.2, 0.25) is 0 Å². The summed E-state index contributed by atoms with van der Waals surface area (Å²) < 4.78 is 0. The third-order valence-electron chi connectivity index (χ3n) is 2.69. The van der Waals surface area contributed by atoms with Gasteiger partial charge in [0.15, 0.2) is 0 Å². The number of aliphatic carboxylic acids is 2. The molecule has 0 saturated heterocycles. The quantitative estimate of drug-likeness (QED) is 0.346. The number of rotatable bonds is 6. The van der Waals surface area contributed by atoms with Crippen molar-refractivity contribution < 1.29 is 51.1 Å². The minimum Gasteiger partial charge on any atom is -0.693 e. The van der Waals surface area contributed by atoms with Crippen LogP contribution in [0.25, 0.3) is 6.15 Å². The number of carboxylic acid groups (broad SMARTS) is 2. The third-order valence-corrected chi connectivity index (χ3v) is 2.69. The number of hydrogen-bond acceptors (Lipinski definition) is 5. The molecule has 0 unspecified atom stereocenters. The van der Waals surface area contributed by atoms with Crippen molar-refractivity contribution >= 4 is 11.9 Å². The van der Waals surface area contributed by atoms with Gasteiger partial charge >= 0.3 is 11.9 Å². The largest absolute Gasteiger partial charge is 0.693 e. The Morgan fingerprint density at radius 1 is 0.958 bits per heavy atom. The van der Waals surface area contributed by atoms with Crippen molar-refractivity contribution in [3.63, 3.8) is 0 Å². The van der Waals surface area contributed by atoms with Gasteiger partial charge in [-0.05, 0) is 41.0 Å². The van der Waals surface area contributed by atoms with E-state index >= 15 is 0 Å². The minimum absolute atomic E-state index is 0. The first kappa shape index (κ1) is 34.7. The summed E-state index contributed by atoms with van der Waals surface area (Å²) in [5.74, 6) is -1.94. The molecule has 0 bridgehead atoms. The van der Waals surface area contributed by atoms with Gasteiger partial charge < -0.3 is 32.3 Å². The van der Waals surface area contributed by atoms with Gasteiger partial charge in [-0.25, -0.2) is 0 Å². The summed E-state index contributed by atoms with van der Waals surface area (Å²) in [6, 6.07) is 0.398. The Bertz CT molecular complexity index is 297. The van der Waals surface area contributed by atoms with Crippen molar-refractivity contribution in [2.45, 2.75) is 60.4 Å².